The van der Waals surface area contributed by atoms with Crippen LogP contribution in [0.1, 0.15) is 29.8 Å². The van der Waals surface area contributed by atoms with Crippen LogP contribution in [0.4, 0.5) is 0 Å². The van der Waals surface area contributed by atoms with Crippen molar-refractivity contribution in [3.8, 4) is 5.75 Å². The summed E-state index contributed by atoms with van der Waals surface area (Å²) < 4.78 is 5.23. The van der Waals surface area contributed by atoms with Crippen LogP contribution in [-0.4, -0.2) is 13.8 Å². The van der Waals surface area contributed by atoms with E-state index in [1.807, 2.05) is 26.0 Å². The van der Waals surface area contributed by atoms with E-state index >= 15 is 0 Å². The summed E-state index contributed by atoms with van der Waals surface area (Å²) in [7, 11) is 5.55. The van der Waals surface area contributed by atoms with Crippen LogP contribution in [-0.2, 0) is 0 Å². The van der Waals surface area contributed by atoms with E-state index in [1.54, 1.807) is 42.5 Å². The first-order valence-electron chi connectivity index (χ1n) is 6.49. The molecule has 2 aromatic carbocycles. The monoisotopic (exact) mass is 264 g/mol. The second kappa shape index (κ2) is 8.00. The van der Waals surface area contributed by atoms with Crippen molar-refractivity contribution < 1.29 is 9.53 Å². The van der Waals surface area contributed by atoms with Crippen LogP contribution in [0.2, 0.25) is 0 Å². The van der Waals surface area contributed by atoms with Crippen molar-refractivity contribution in [3.63, 3.8) is 0 Å². The van der Waals surface area contributed by atoms with Gasteiger partial charge in [-0.05, 0) is 29.8 Å². The van der Waals surface area contributed by atoms with E-state index in [0.29, 0.717) is 16.8 Å². The zero-order valence-corrected chi connectivity index (χ0v) is 11.8. The van der Waals surface area contributed by atoms with Crippen LogP contribution < -0.4 is 10.2 Å². The molecule has 100 valence electrons. The molecule has 0 bridgehead atoms. The molecule has 0 saturated carbocycles. The van der Waals surface area contributed by atoms with Crippen LogP contribution in [0.5, 0.6) is 5.75 Å². The normalized spacial score (nSPS) is 9.10. The highest BCUT2D eigenvalue weighted by molar-refractivity contribution is 6.32. The van der Waals surface area contributed by atoms with Gasteiger partial charge in [-0.1, -0.05) is 56.2 Å². The van der Waals surface area contributed by atoms with Crippen molar-refractivity contribution in [2.75, 3.05) is 0 Å². The summed E-state index contributed by atoms with van der Waals surface area (Å²) in [6.45, 7) is 7.66. The fourth-order valence-electron chi connectivity index (χ4n) is 1.46. The van der Waals surface area contributed by atoms with E-state index in [4.69, 9.17) is 12.6 Å². The van der Waals surface area contributed by atoms with Crippen molar-refractivity contribution in [1.82, 2.24) is 0 Å². The Balaban J connectivity index is 0.000000956. The summed E-state index contributed by atoms with van der Waals surface area (Å²) in [5, 5.41) is 0. The zero-order chi connectivity index (χ0) is 15.0. The Morgan fingerprint density at radius 3 is 2.10 bits per heavy atom. The van der Waals surface area contributed by atoms with Gasteiger partial charge in [0.05, 0.1) is 5.56 Å². The average molecular weight is 264 g/mol. The maximum atomic E-state index is 11.8. The molecule has 0 amide bonds. The SMILES string of the molecule is CC.[B]c1ccc(C(=O)Oc2ccc(C=C)cc2)cc1. The molecule has 3 heteroatoms. The number of hydrogen-bond donors (Lipinski definition) is 0. The molecule has 0 fully saturated rings. The van der Waals surface area contributed by atoms with Gasteiger partial charge in [-0.2, -0.15) is 0 Å². The number of rotatable bonds is 3. The molecular weight excluding hydrogens is 247 g/mol. The van der Waals surface area contributed by atoms with Crippen molar-refractivity contribution in [3.05, 3.63) is 66.2 Å². The van der Waals surface area contributed by atoms with E-state index in [0.717, 1.165) is 5.56 Å². The molecule has 2 rings (SSSR count). The lowest BCUT2D eigenvalue weighted by Gasteiger charge is -2.05. The van der Waals surface area contributed by atoms with Crippen LogP contribution in [0.3, 0.4) is 0 Å². The number of hydrogen-bond acceptors (Lipinski definition) is 2. The summed E-state index contributed by atoms with van der Waals surface area (Å²) in [6.07, 6.45) is 1.73. The molecule has 2 nitrogen and oxygen atoms in total. The maximum absolute atomic E-state index is 11.8. The van der Waals surface area contributed by atoms with Gasteiger partial charge in [-0.15, -0.1) is 0 Å². The minimum atomic E-state index is -0.402. The van der Waals surface area contributed by atoms with Crippen LogP contribution in [0.25, 0.3) is 6.08 Å². The quantitative estimate of drug-likeness (QED) is 0.482. The minimum absolute atomic E-state index is 0.402. The maximum Gasteiger partial charge on any atom is 0.343 e. The topological polar surface area (TPSA) is 26.3 Å². The zero-order valence-electron chi connectivity index (χ0n) is 11.8. The first kappa shape index (κ1) is 15.8. The Labute approximate surface area is 121 Å². The largest absolute Gasteiger partial charge is 0.423 e. The minimum Gasteiger partial charge on any atom is -0.423 e. The van der Waals surface area contributed by atoms with Gasteiger partial charge in [-0.25, -0.2) is 4.79 Å². The van der Waals surface area contributed by atoms with Crippen LogP contribution >= 0.6 is 0 Å². The van der Waals surface area contributed by atoms with E-state index in [2.05, 4.69) is 6.58 Å². The summed E-state index contributed by atoms with van der Waals surface area (Å²) >= 11 is 0. The molecule has 20 heavy (non-hydrogen) atoms. The number of carbonyl (C=O) groups excluding carboxylic acids is 1. The van der Waals surface area contributed by atoms with Crippen molar-refractivity contribution in [2.45, 2.75) is 13.8 Å². The van der Waals surface area contributed by atoms with Gasteiger partial charge in [0.1, 0.15) is 13.6 Å². The summed E-state index contributed by atoms with van der Waals surface area (Å²) in [5.41, 5.74) is 2.06. The van der Waals surface area contributed by atoms with Crippen LogP contribution in [0.15, 0.2) is 55.1 Å². The van der Waals surface area contributed by atoms with Crippen molar-refractivity contribution >= 4 is 25.4 Å². The van der Waals surface area contributed by atoms with Gasteiger partial charge in [0.15, 0.2) is 0 Å². The number of esters is 1. The Morgan fingerprint density at radius 1 is 1.05 bits per heavy atom. The molecule has 0 spiro atoms. The highest BCUT2D eigenvalue weighted by Crippen LogP contribution is 2.14. The van der Waals surface area contributed by atoms with E-state index in [9.17, 15) is 4.79 Å². The first-order chi connectivity index (χ1) is 9.69. The lowest BCUT2D eigenvalue weighted by Crippen LogP contribution is -2.10. The fraction of sp³-hybridized carbons (Fsp3) is 0.118. The summed E-state index contributed by atoms with van der Waals surface area (Å²) in [6, 6.07) is 13.7. The summed E-state index contributed by atoms with van der Waals surface area (Å²) in [4.78, 5) is 11.8. The van der Waals surface area contributed by atoms with E-state index in [-0.39, 0.29) is 0 Å². The molecule has 0 unspecified atom stereocenters. The highest BCUT2D eigenvalue weighted by Gasteiger charge is 2.07. The molecule has 2 radical (unpaired) electrons. The lowest BCUT2D eigenvalue weighted by atomic mass is 9.95. The fourth-order valence-corrected chi connectivity index (χ4v) is 1.46. The van der Waals surface area contributed by atoms with Gasteiger partial charge in [0, 0.05) is 0 Å². The van der Waals surface area contributed by atoms with E-state index < -0.39 is 5.97 Å². The average Bonchev–Trinajstić information content (AvgIpc) is 2.50. The third-order valence-electron chi connectivity index (χ3n) is 2.47. The second-order valence-electron chi connectivity index (χ2n) is 3.78. The standard InChI is InChI=1S/C15H11BO2.C2H6/c1-2-11-3-9-14(10-4-11)18-15(17)12-5-7-13(16)8-6-12;1-2/h2-10H,1H2;1-2H3. The lowest BCUT2D eigenvalue weighted by molar-refractivity contribution is 0.0735. The van der Waals surface area contributed by atoms with Crippen molar-refractivity contribution in [1.29, 1.82) is 0 Å². The first-order valence-corrected chi connectivity index (χ1v) is 6.49. The number of carbonyl (C=O) groups is 1. The van der Waals surface area contributed by atoms with Crippen LogP contribution in [0, 0.1) is 0 Å². The van der Waals surface area contributed by atoms with Crippen molar-refractivity contribution in [2.24, 2.45) is 0 Å². The second-order valence-corrected chi connectivity index (χ2v) is 3.78. The third-order valence-corrected chi connectivity index (χ3v) is 2.47. The molecule has 0 aromatic heterocycles. The molecule has 0 atom stereocenters. The highest BCUT2D eigenvalue weighted by atomic mass is 16.5. The molecule has 0 heterocycles. The molecule has 0 aliphatic carbocycles. The third kappa shape index (κ3) is 4.43. The number of ether oxygens (including phenoxy) is 1. The van der Waals surface area contributed by atoms with Gasteiger partial charge in [-0.3, -0.25) is 0 Å². The molecular formula is C17H17BO2. The Kier molecular flexibility index (Phi) is 6.31. The molecule has 0 N–H and O–H groups in total. The molecule has 0 aliphatic heterocycles. The Bertz CT molecular complexity index is 557. The summed E-state index contributed by atoms with van der Waals surface area (Å²) in [5.74, 6) is 0.101. The predicted molar refractivity (Wildman–Crippen MR) is 84.7 cm³/mol. The van der Waals surface area contributed by atoms with Gasteiger partial charge in [0.2, 0.25) is 0 Å². The van der Waals surface area contributed by atoms with Gasteiger partial charge in [0.25, 0.3) is 0 Å². The molecule has 0 saturated heterocycles. The predicted octanol–water partition coefficient (Wildman–Crippen LogP) is 3.37. The van der Waals surface area contributed by atoms with Gasteiger partial charge < -0.3 is 4.74 Å². The number of benzene rings is 2. The Hall–Kier alpha value is -2.29. The Morgan fingerprint density at radius 2 is 1.60 bits per heavy atom. The van der Waals surface area contributed by atoms with E-state index in [1.165, 1.54) is 0 Å². The smallest absolute Gasteiger partial charge is 0.343 e. The molecule has 2 aromatic rings. The molecule has 0 aliphatic rings. The van der Waals surface area contributed by atoms with Gasteiger partial charge >= 0.3 is 5.97 Å².